The van der Waals surface area contributed by atoms with E-state index in [0.29, 0.717) is 10.6 Å². The second kappa shape index (κ2) is 8.47. The van der Waals surface area contributed by atoms with Gasteiger partial charge in [0.2, 0.25) is 0 Å². The standard InChI is InChI=1S/C21H16ClFN2O2/c22-17-9-2-1-6-16(17)13-24-20(26)14-7-5-8-15(12-14)21(27)25-19-11-4-3-10-18(19)23/h1-12H,13H2,(H,24,26)(H,25,27). The van der Waals surface area contributed by atoms with Crippen LogP contribution < -0.4 is 10.6 Å². The van der Waals surface area contributed by atoms with Crippen molar-refractivity contribution in [2.75, 3.05) is 5.32 Å². The fourth-order valence-electron chi connectivity index (χ4n) is 2.48. The molecule has 0 fully saturated rings. The quantitative estimate of drug-likeness (QED) is 0.674. The molecule has 0 aromatic heterocycles. The Morgan fingerprint density at radius 1 is 0.852 bits per heavy atom. The summed E-state index contributed by atoms with van der Waals surface area (Å²) in [5.74, 6) is -1.36. The molecule has 0 saturated heterocycles. The lowest BCUT2D eigenvalue weighted by molar-refractivity contribution is 0.0951. The predicted molar refractivity (Wildman–Crippen MR) is 103 cm³/mol. The SMILES string of the molecule is O=C(NCc1ccccc1Cl)c1cccc(C(=O)Nc2ccccc2F)c1. The van der Waals surface area contributed by atoms with Crippen LogP contribution in [-0.2, 0) is 6.54 Å². The maximum absolute atomic E-state index is 13.7. The van der Waals surface area contributed by atoms with Crippen molar-refractivity contribution in [3.8, 4) is 0 Å². The molecule has 27 heavy (non-hydrogen) atoms. The largest absolute Gasteiger partial charge is 0.348 e. The molecular formula is C21H16ClFN2O2. The third kappa shape index (κ3) is 4.71. The Kier molecular flexibility index (Phi) is 5.84. The fourth-order valence-corrected chi connectivity index (χ4v) is 2.68. The smallest absolute Gasteiger partial charge is 0.255 e. The molecule has 3 rings (SSSR count). The molecule has 0 heterocycles. The summed E-state index contributed by atoms with van der Waals surface area (Å²) in [4.78, 5) is 24.7. The normalized spacial score (nSPS) is 10.3. The minimum absolute atomic E-state index is 0.0797. The Balaban J connectivity index is 1.69. The highest BCUT2D eigenvalue weighted by molar-refractivity contribution is 6.31. The first kappa shape index (κ1) is 18.6. The van der Waals surface area contributed by atoms with Crippen molar-refractivity contribution in [3.05, 3.63) is 100 Å². The first-order chi connectivity index (χ1) is 13.0. The number of benzene rings is 3. The number of para-hydroxylation sites is 1. The Bertz CT molecular complexity index is 991. The van der Waals surface area contributed by atoms with Gasteiger partial charge in [0.15, 0.2) is 0 Å². The molecule has 3 aromatic rings. The molecule has 0 atom stereocenters. The third-order valence-corrected chi connectivity index (χ3v) is 4.27. The van der Waals surface area contributed by atoms with Crippen LogP contribution in [0.25, 0.3) is 0 Å². The van der Waals surface area contributed by atoms with Gasteiger partial charge in [0.1, 0.15) is 5.82 Å². The van der Waals surface area contributed by atoms with Crippen molar-refractivity contribution in [2.24, 2.45) is 0 Å². The summed E-state index contributed by atoms with van der Waals surface area (Å²) in [5.41, 5.74) is 1.45. The molecule has 0 unspecified atom stereocenters. The molecule has 4 nitrogen and oxygen atoms in total. The zero-order valence-corrected chi connectivity index (χ0v) is 15.0. The molecule has 0 bridgehead atoms. The van der Waals surface area contributed by atoms with Crippen LogP contribution >= 0.6 is 11.6 Å². The van der Waals surface area contributed by atoms with Gasteiger partial charge in [-0.2, -0.15) is 0 Å². The number of amides is 2. The van der Waals surface area contributed by atoms with E-state index in [0.717, 1.165) is 5.56 Å². The monoisotopic (exact) mass is 382 g/mol. The van der Waals surface area contributed by atoms with Crippen molar-refractivity contribution < 1.29 is 14.0 Å². The lowest BCUT2D eigenvalue weighted by Crippen LogP contribution is -2.23. The van der Waals surface area contributed by atoms with Crippen LogP contribution in [0.3, 0.4) is 0 Å². The fraction of sp³-hybridized carbons (Fsp3) is 0.0476. The van der Waals surface area contributed by atoms with E-state index < -0.39 is 11.7 Å². The van der Waals surface area contributed by atoms with Crippen molar-refractivity contribution in [3.63, 3.8) is 0 Å². The van der Waals surface area contributed by atoms with Gasteiger partial charge in [0.05, 0.1) is 5.69 Å². The number of anilines is 1. The van der Waals surface area contributed by atoms with E-state index in [-0.39, 0.29) is 23.7 Å². The van der Waals surface area contributed by atoms with E-state index >= 15 is 0 Å². The Morgan fingerprint density at radius 3 is 2.26 bits per heavy atom. The van der Waals surface area contributed by atoms with Gasteiger partial charge >= 0.3 is 0 Å². The van der Waals surface area contributed by atoms with Gasteiger partial charge in [-0.25, -0.2) is 4.39 Å². The van der Waals surface area contributed by atoms with Gasteiger partial charge in [-0.1, -0.05) is 48.0 Å². The second-order valence-corrected chi connectivity index (χ2v) is 6.20. The number of halogens is 2. The number of hydrogen-bond donors (Lipinski definition) is 2. The van der Waals surface area contributed by atoms with Gasteiger partial charge < -0.3 is 10.6 Å². The lowest BCUT2D eigenvalue weighted by atomic mass is 10.1. The maximum Gasteiger partial charge on any atom is 0.255 e. The van der Waals surface area contributed by atoms with Crippen molar-refractivity contribution in [1.82, 2.24) is 5.32 Å². The molecule has 136 valence electrons. The van der Waals surface area contributed by atoms with Crippen LogP contribution in [0.2, 0.25) is 5.02 Å². The number of nitrogens with one attached hydrogen (secondary N) is 2. The average molecular weight is 383 g/mol. The highest BCUT2D eigenvalue weighted by Gasteiger charge is 2.12. The van der Waals surface area contributed by atoms with E-state index in [2.05, 4.69) is 10.6 Å². The number of hydrogen-bond acceptors (Lipinski definition) is 2. The molecule has 2 amide bonds. The molecule has 2 N–H and O–H groups in total. The highest BCUT2D eigenvalue weighted by atomic mass is 35.5. The molecular weight excluding hydrogens is 367 g/mol. The minimum atomic E-state index is -0.528. The van der Waals surface area contributed by atoms with Gasteiger partial charge in [0, 0.05) is 22.7 Å². The first-order valence-electron chi connectivity index (χ1n) is 8.22. The molecule has 0 saturated carbocycles. The number of carbonyl (C=O) groups is 2. The Labute approximate surface area is 161 Å². The van der Waals surface area contributed by atoms with E-state index in [4.69, 9.17) is 11.6 Å². The number of carbonyl (C=O) groups excluding carboxylic acids is 2. The number of rotatable bonds is 5. The summed E-state index contributed by atoms with van der Waals surface area (Å²) in [5, 5.41) is 5.83. The highest BCUT2D eigenvalue weighted by Crippen LogP contribution is 2.16. The zero-order valence-electron chi connectivity index (χ0n) is 14.2. The van der Waals surface area contributed by atoms with Crippen molar-refractivity contribution in [1.29, 1.82) is 0 Å². The summed E-state index contributed by atoms with van der Waals surface area (Å²) < 4.78 is 13.7. The van der Waals surface area contributed by atoms with Gasteiger partial charge in [-0.05, 0) is 42.0 Å². The van der Waals surface area contributed by atoms with Crippen LogP contribution in [0.4, 0.5) is 10.1 Å². The maximum atomic E-state index is 13.7. The third-order valence-electron chi connectivity index (χ3n) is 3.91. The summed E-state index contributed by atoms with van der Waals surface area (Å²) in [7, 11) is 0. The zero-order chi connectivity index (χ0) is 19.2. The molecule has 0 aliphatic heterocycles. The topological polar surface area (TPSA) is 58.2 Å². The van der Waals surface area contributed by atoms with Crippen molar-refractivity contribution >= 4 is 29.1 Å². The van der Waals surface area contributed by atoms with Crippen LogP contribution in [0, 0.1) is 5.82 Å². The van der Waals surface area contributed by atoms with Crippen LogP contribution in [-0.4, -0.2) is 11.8 Å². The lowest BCUT2D eigenvalue weighted by Gasteiger charge is -2.09. The van der Waals surface area contributed by atoms with Gasteiger partial charge in [-0.15, -0.1) is 0 Å². The van der Waals surface area contributed by atoms with Crippen LogP contribution in [0.15, 0.2) is 72.8 Å². The van der Waals surface area contributed by atoms with Gasteiger partial charge in [0.25, 0.3) is 11.8 Å². The van der Waals surface area contributed by atoms with Crippen LogP contribution in [0.1, 0.15) is 26.3 Å². The summed E-state index contributed by atoms with van der Waals surface area (Å²) in [6.07, 6.45) is 0. The summed E-state index contributed by atoms with van der Waals surface area (Å²) in [6, 6.07) is 19.3. The first-order valence-corrected chi connectivity index (χ1v) is 8.60. The van der Waals surface area contributed by atoms with E-state index in [1.807, 2.05) is 18.2 Å². The molecule has 0 aliphatic carbocycles. The van der Waals surface area contributed by atoms with Crippen LogP contribution in [0.5, 0.6) is 0 Å². The minimum Gasteiger partial charge on any atom is -0.348 e. The molecule has 0 spiro atoms. The molecule has 6 heteroatoms. The van der Waals surface area contributed by atoms with E-state index in [1.165, 1.54) is 24.3 Å². The Hall–Kier alpha value is -3.18. The van der Waals surface area contributed by atoms with E-state index in [9.17, 15) is 14.0 Å². The summed E-state index contributed by atoms with van der Waals surface area (Å²) in [6.45, 7) is 0.268. The van der Waals surface area contributed by atoms with Crippen molar-refractivity contribution in [2.45, 2.75) is 6.54 Å². The molecule has 0 aliphatic rings. The Morgan fingerprint density at radius 2 is 1.52 bits per heavy atom. The average Bonchev–Trinajstić information content (AvgIpc) is 2.69. The molecule has 0 radical (unpaired) electrons. The summed E-state index contributed by atoms with van der Waals surface area (Å²) >= 11 is 6.08. The molecule has 3 aromatic carbocycles. The second-order valence-electron chi connectivity index (χ2n) is 5.79. The van der Waals surface area contributed by atoms with E-state index in [1.54, 1.807) is 30.3 Å². The van der Waals surface area contributed by atoms with Gasteiger partial charge in [-0.3, -0.25) is 9.59 Å². The predicted octanol–water partition coefficient (Wildman–Crippen LogP) is 4.66.